The molecule has 132 valence electrons. The van der Waals surface area contributed by atoms with Gasteiger partial charge in [0.15, 0.2) is 0 Å². The van der Waals surface area contributed by atoms with Gasteiger partial charge in [-0.1, -0.05) is 23.8 Å². The molecule has 2 aliphatic rings. The number of carbonyl (C=O) groups is 1. The summed E-state index contributed by atoms with van der Waals surface area (Å²) >= 11 is 0. The van der Waals surface area contributed by atoms with Crippen molar-refractivity contribution in [3.63, 3.8) is 0 Å². The van der Waals surface area contributed by atoms with E-state index in [1.807, 2.05) is 49.9 Å². The summed E-state index contributed by atoms with van der Waals surface area (Å²) in [5.74, 6) is 0. The van der Waals surface area contributed by atoms with Gasteiger partial charge in [0.25, 0.3) is 0 Å². The summed E-state index contributed by atoms with van der Waals surface area (Å²) in [4.78, 5) is 14.4. The number of ether oxygens (including phenoxy) is 2. The average Bonchev–Trinajstić information content (AvgIpc) is 2.53. The molecule has 1 amide bonds. The first-order chi connectivity index (χ1) is 11.9. The van der Waals surface area contributed by atoms with Crippen LogP contribution in [-0.2, 0) is 15.9 Å². The number of fused-ring (bicyclic) bond motifs is 2. The quantitative estimate of drug-likeness (QED) is 0.774. The van der Waals surface area contributed by atoms with E-state index >= 15 is 0 Å². The standard InChI is InChI=1S/C20H24N2O3/c1-20(2,3)25-19(23)22-17-9-16(10-18(22)13-24-12-17)8-14-4-6-15(11-21)7-5-14/h4-7,9,17-18H,8,10,12-13H2,1-3H3. The normalized spacial score (nSPS) is 22.8. The molecular formula is C20H24N2O3. The Kier molecular flexibility index (Phi) is 4.82. The number of morpholine rings is 1. The summed E-state index contributed by atoms with van der Waals surface area (Å²) in [6.45, 7) is 6.70. The van der Waals surface area contributed by atoms with Gasteiger partial charge >= 0.3 is 6.09 Å². The van der Waals surface area contributed by atoms with Gasteiger partial charge in [0.2, 0.25) is 0 Å². The molecule has 5 nitrogen and oxygen atoms in total. The van der Waals surface area contributed by atoms with Crippen molar-refractivity contribution in [3.8, 4) is 6.07 Å². The Hall–Kier alpha value is -2.32. The molecule has 0 spiro atoms. The molecule has 0 saturated carbocycles. The lowest BCUT2D eigenvalue weighted by Crippen LogP contribution is -2.57. The minimum atomic E-state index is -0.501. The number of nitrogens with zero attached hydrogens (tertiary/aromatic N) is 2. The van der Waals surface area contributed by atoms with Crippen LogP contribution in [0.2, 0.25) is 0 Å². The highest BCUT2D eigenvalue weighted by molar-refractivity contribution is 5.70. The molecule has 1 aromatic rings. The largest absolute Gasteiger partial charge is 0.444 e. The number of hydrogen-bond acceptors (Lipinski definition) is 4. The van der Waals surface area contributed by atoms with Gasteiger partial charge in [-0.2, -0.15) is 5.26 Å². The first-order valence-corrected chi connectivity index (χ1v) is 8.63. The smallest absolute Gasteiger partial charge is 0.411 e. The molecule has 1 aromatic carbocycles. The predicted octanol–water partition coefficient (Wildman–Crippen LogP) is 3.44. The summed E-state index contributed by atoms with van der Waals surface area (Å²) in [5.41, 5.74) is 2.65. The van der Waals surface area contributed by atoms with Crippen LogP contribution in [0.4, 0.5) is 4.79 Å². The second-order valence-corrected chi connectivity index (χ2v) is 7.66. The van der Waals surface area contributed by atoms with Crippen LogP contribution in [-0.4, -0.2) is 41.9 Å². The first-order valence-electron chi connectivity index (χ1n) is 8.63. The maximum atomic E-state index is 12.6. The van der Waals surface area contributed by atoms with Gasteiger partial charge in [-0.05, 0) is 51.3 Å². The van der Waals surface area contributed by atoms with Gasteiger partial charge in [-0.3, -0.25) is 4.90 Å². The fourth-order valence-electron chi connectivity index (χ4n) is 3.37. The Morgan fingerprint density at radius 2 is 2.04 bits per heavy atom. The zero-order chi connectivity index (χ0) is 18.0. The summed E-state index contributed by atoms with van der Waals surface area (Å²) in [6, 6.07) is 9.75. The van der Waals surface area contributed by atoms with Crippen molar-refractivity contribution >= 4 is 6.09 Å². The van der Waals surface area contributed by atoms with E-state index in [2.05, 4.69) is 12.1 Å². The Morgan fingerprint density at radius 1 is 1.32 bits per heavy atom. The monoisotopic (exact) mass is 340 g/mol. The van der Waals surface area contributed by atoms with Crippen LogP contribution in [0.5, 0.6) is 0 Å². The highest BCUT2D eigenvalue weighted by Crippen LogP contribution is 2.30. The molecule has 0 aliphatic carbocycles. The Balaban J connectivity index is 1.74. The van der Waals surface area contributed by atoms with Crippen LogP contribution in [0, 0.1) is 11.3 Å². The molecule has 1 fully saturated rings. The topological polar surface area (TPSA) is 62.6 Å². The van der Waals surface area contributed by atoms with Crippen molar-refractivity contribution in [1.82, 2.24) is 4.90 Å². The van der Waals surface area contributed by atoms with E-state index in [0.717, 1.165) is 12.8 Å². The third-order valence-electron chi connectivity index (χ3n) is 4.39. The maximum absolute atomic E-state index is 12.6. The number of rotatable bonds is 2. The van der Waals surface area contributed by atoms with E-state index in [-0.39, 0.29) is 18.2 Å². The summed E-state index contributed by atoms with van der Waals surface area (Å²) in [5, 5.41) is 8.90. The minimum absolute atomic E-state index is 0.0204. The van der Waals surface area contributed by atoms with Crippen LogP contribution in [0.15, 0.2) is 35.9 Å². The number of carbonyl (C=O) groups excluding carboxylic acids is 1. The molecule has 2 bridgehead atoms. The molecule has 1 saturated heterocycles. The van der Waals surface area contributed by atoms with E-state index < -0.39 is 5.60 Å². The summed E-state index contributed by atoms with van der Waals surface area (Å²) < 4.78 is 11.2. The third kappa shape index (κ3) is 4.21. The molecule has 2 unspecified atom stereocenters. The van der Waals surface area contributed by atoms with E-state index in [1.165, 1.54) is 11.1 Å². The van der Waals surface area contributed by atoms with E-state index in [1.54, 1.807) is 0 Å². The molecule has 5 heteroatoms. The Morgan fingerprint density at radius 3 is 2.64 bits per heavy atom. The fourth-order valence-corrected chi connectivity index (χ4v) is 3.37. The van der Waals surface area contributed by atoms with Gasteiger partial charge in [0, 0.05) is 0 Å². The molecule has 0 aromatic heterocycles. The SMILES string of the molecule is CC(C)(C)OC(=O)N1C2C=C(Cc3ccc(C#N)cc3)CC1COC2. The van der Waals surface area contributed by atoms with E-state index in [9.17, 15) is 4.79 Å². The van der Waals surface area contributed by atoms with Crippen molar-refractivity contribution in [2.75, 3.05) is 13.2 Å². The van der Waals surface area contributed by atoms with E-state index in [4.69, 9.17) is 14.7 Å². The van der Waals surface area contributed by atoms with Crippen LogP contribution >= 0.6 is 0 Å². The van der Waals surface area contributed by atoms with Crippen LogP contribution in [0.25, 0.3) is 0 Å². The van der Waals surface area contributed by atoms with Gasteiger partial charge in [-0.25, -0.2) is 4.79 Å². The van der Waals surface area contributed by atoms with Crippen molar-refractivity contribution in [3.05, 3.63) is 47.0 Å². The van der Waals surface area contributed by atoms with Crippen molar-refractivity contribution in [2.45, 2.75) is 51.3 Å². The van der Waals surface area contributed by atoms with Gasteiger partial charge in [0.1, 0.15) is 5.60 Å². The highest BCUT2D eigenvalue weighted by atomic mass is 16.6. The molecule has 2 heterocycles. The average molecular weight is 340 g/mol. The molecular weight excluding hydrogens is 316 g/mol. The van der Waals surface area contributed by atoms with Crippen molar-refractivity contribution < 1.29 is 14.3 Å². The van der Waals surface area contributed by atoms with Crippen LogP contribution in [0.1, 0.15) is 38.3 Å². The van der Waals surface area contributed by atoms with Crippen molar-refractivity contribution in [1.29, 1.82) is 5.26 Å². The Labute approximate surface area is 148 Å². The first kappa shape index (κ1) is 17.5. The lowest BCUT2D eigenvalue weighted by Gasteiger charge is -2.44. The minimum Gasteiger partial charge on any atom is -0.444 e. The van der Waals surface area contributed by atoms with Crippen molar-refractivity contribution in [2.24, 2.45) is 0 Å². The van der Waals surface area contributed by atoms with Gasteiger partial charge in [0.05, 0.1) is 36.9 Å². The van der Waals surface area contributed by atoms with Crippen LogP contribution < -0.4 is 0 Å². The Bertz CT molecular complexity index is 710. The second kappa shape index (κ2) is 6.89. The van der Waals surface area contributed by atoms with E-state index in [0.29, 0.717) is 18.8 Å². The molecule has 0 N–H and O–H groups in total. The number of hydrogen-bond donors (Lipinski definition) is 0. The number of nitriles is 1. The molecule has 2 aliphatic heterocycles. The lowest BCUT2D eigenvalue weighted by atomic mass is 9.90. The van der Waals surface area contributed by atoms with Gasteiger partial charge in [-0.15, -0.1) is 0 Å². The third-order valence-corrected chi connectivity index (χ3v) is 4.39. The zero-order valence-corrected chi connectivity index (χ0v) is 15.0. The molecule has 2 atom stereocenters. The molecule has 0 radical (unpaired) electrons. The maximum Gasteiger partial charge on any atom is 0.411 e. The summed E-state index contributed by atoms with van der Waals surface area (Å²) in [6.07, 6.45) is 3.49. The highest BCUT2D eigenvalue weighted by Gasteiger charge is 2.39. The summed E-state index contributed by atoms with van der Waals surface area (Å²) in [7, 11) is 0. The second-order valence-electron chi connectivity index (χ2n) is 7.66. The van der Waals surface area contributed by atoms with Crippen LogP contribution in [0.3, 0.4) is 0 Å². The predicted molar refractivity (Wildman–Crippen MR) is 94.0 cm³/mol. The molecule has 3 rings (SSSR count). The fraction of sp³-hybridized carbons (Fsp3) is 0.500. The number of amides is 1. The zero-order valence-electron chi connectivity index (χ0n) is 15.0. The number of benzene rings is 1. The molecule has 25 heavy (non-hydrogen) atoms. The van der Waals surface area contributed by atoms with Gasteiger partial charge < -0.3 is 9.47 Å². The lowest BCUT2D eigenvalue weighted by molar-refractivity contribution is -0.0536.